The Balaban J connectivity index is 1.31. The maximum atomic E-state index is 12.8. The van der Waals surface area contributed by atoms with Crippen molar-refractivity contribution in [3.05, 3.63) is 77.4 Å². The standard InChI is InChI=1S/C24H26N4O4/c1-16(23-26-21(32-27-23)12-17-6-4-3-5-7-17)25-24(30)19-13-22(29)28(15-19)14-18-8-10-20(31-2)11-9-18/h3-11,16,19H,12-15H2,1-2H3,(H,25,30)/t16-,19+/m0/s1. The first kappa shape index (κ1) is 21.5. The van der Waals surface area contributed by atoms with Gasteiger partial charge in [0.2, 0.25) is 17.7 Å². The quantitative estimate of drug-likeness (QED) is 0.586. The molecule has 0 bridgehead atoms. The zero-order valence-corrected chi connectivity index (χ0v) is 18.2. The van der Waals surface area contributed by atoms with Crippen LogP contribution in [0.15, 0.2) is 59.1 Å². The summed E-state index contributed by atoms with van der Waals surface area (Å²) in [6, 6.07) is 17.0. The van der Waals surface area contributed by atoms with Crippen LogP contribution in [0.2, 0.25) is 0 Å². The third kappa shape index (κ3) is 5.14. The summed E-state index contributed by atoms with van der Waals surface area (Å²) >= 11 is 0. The number of benzene rings is 2. The predicted octanol–water partition coefficient (Wildman–Crippen LogP) is 2.89. The largest absolute Gasteiger partial charge is 0.497 e. The Labute approximate surface area is 186 Å². The molecule has 2 amide bonds. The summed E-state index contributed by atoms with van der Waals surface area (Å²) in [4.78, 5) is 31.3. The number of aromatic nitrogens is 2. The van der Waals surface area contributed by atoms with Crippen molar-refractivity contribution in [3.63, 3.8) is 0 Å². The number of nitrogens with zero attached hydrogens (tertiary/aromatic N) is 3. The highest BCUT2D eigenvalue weighted by Crippen LogP contribution is 2.22. The average Bonchev–Trinajstić information content (AvgIpc) is 3.42. The van der Waals surface area contributed by atoms with Gasteiger partial charge in [-0.15, -0.1) is 0 Å². The highest BCUT2D eigenvalue weighted by molar-refractivity contribution is 5.89. The fourth-order valence-electron chi connectivity index (χ4n) is 3.73. The summed E-state index contributed by atoms with van der Waals surface area (Å²) < 4.78 is 10.5. The minimum Gasteiger partial charge on any atom is -0.497 e. The van der Waals surface area contributed by atoms with Crippen molar-refractivity contribution in [1.29, 1.82) is 0 Å². The van der Waals surface area contributed by atoms with E-state index in [-0.39, 0.29) is 18.2 Å². The van der Waals surface area contributed by atoms with E-state index in [1.807, 2.05) is 54.6 Å². The predicted molar refractivity (Wildman–Crippen MR) is 117 cm³/mol. The fourth-order valence-corrected chi connectivity index (χ4v) is 3.73. The molecule has 1 saturated heterocycles. The maximum absolute atomic E-state index is 12.8. The van der Waals surface area contributed by atoms with E-state index in [1.54, 1.807) is 18.9 Å². The fraction of sp³-hybridized carbons (Fsp3) is 0.333. The first-order valence-electron chi connectivity index (χ1n) is 10.6. The molecule has 2 atom stereocenters. The molecule has 1 aliphatic heterocycles. The van der Waals surface area contributed by atoms with Crippen LogP contribution in [0.4, 0.5) is 0 Å². The van der Waals surface area contributed by atoms with Crippen molar-refractivity contribution < 1.29 is 18.8 Å². The van der Waals surface area contributed by atoms with Gasteiger partial charge in [0.25, 0.3) is 0 Å². The van der Waals surface area contributed by atoms with Gasteiger partial charge in [-0.1, -0.05) is 47.6 Å². The first-order valence-corrected chi connectivity index (χ1v) is 10.6. The Bertz CT molecular complexity index is 1070. The van der Waals surface area contributed by atoms with Crippen molar-refractivity contribution in [2.75, 3.05) is 13.7 Å². The van der Waals surface area contributed by atoms with Crippen LogP contribution in [0.1, 0.15) is 42.2 Å². The summed E-state index contributed by atoms with van der Waals surface area (Å²) in [5, 5.41) is 6.92. The van der Waals surface area contributed by atoms with Crippen LogP contribution in [0, 0.1) is 5.92 Å². The molecular formula is C24H26N4O4. The maximum Gasteiger partial charge on any atom is 0.231 e. The van der Waals surface area contributed by atoms with Crippen LogP contribution < -0.4 is 10.1 Å². The van der Waals surface area contributed by atoms with Crippen LogP contribution in [0.3, 0.4) is 0 Å². The summed E-state index contributed by atoms with van der Waals surface area (Å²) in [7, 11) is 1.61. The molecule has 32 heavy (non-hydrogen) atoms. The number of hydrogen-bond acceptors (Lipinski definition) is 6. The smallest absolute Gasteiger partial charge is 0.231 e. The van der Waals surface area contributed by atoms with Gasteiger partial charge in [-0.05, 0) is 30.2 Å². The van der Waals surface area contributed by atoms with Gasteiger partial charge in [0.1, 0.15) is 5.75 Å². The molecule has 0 spiro atoms. The van der Waals surface area contributed by atoms with Crippen molar-refractivity contribution in [3.8, 4) is 5.75 Å². The Kier molecular flexibility index (Phi) is 6.49. The van der Waals surface area contributed by atoms with Crippen molar-refractivity contribution in [1.82, 2.24) is 20.4 Å². The van der Waals surface area contributed by atoms with E-state index in [0.29, 0.717) is 31.2 Å². The molecule has 0 radical (unpaired) electrons. The number of ether oxygens (including phenoxy) is 1. The van der Waals surface area contributed by atoms with E-state index in [4.69, 9.17) is 9.26 Å². The molecule has 1 aromatic heterocycles. The molecule has 1 fully saturated rings. The molecular weight excluding hydrogens is 408 g/mol. The SMILES string of the molecule is COc1ccc(CN2C[C@H](C(=O)N[C@@H](C)c3noc(Cc4ccccc4)n3)CC2=O)cc1. The molecule has 0 saturated carbocycles. The summed E-state index contributed by atoms with van der Waals surface area (Å²) in [5.41, 5.74) is 2.06. The lowest BCUT2D eigenvalue weighted by Crippen LogP contribution is -2.34. The molecule has 0 unspecified atom stereocenters. The number of nitrogens with one attached hydrogen (secondary N) is 1. The van der Waals surface area contributed by atoms with Gasteiger partial charge in [0, 0.05) is 19.5 Å². The summed E-state index contributed by atoms with van der Waals surface area (Å²) in [6.07, 6.45) is 0.728. The molecule has 1 aliphatic rings. The lowest BCUT2D eigenvalue weighted by molar-refractivity contribution is -0.129. The molecule has 166 valence electrons. The Morgan fingerprint density at radius 2 is 1.94 bits per heavy atom. The number of likely N-dealkylation sites (tertiary alicyclic amines) is 1. The Morgan fingerprint density at radius 1 is 1.19 bits per heavy atom. The number of amides is 2. The van der Waals surface area contributed by atoms with Gasteiger partial charge < -0.3 is 19.5 Å². The molecule has 4 rings (SSSR count). The highest BCUT2D eigenvalue weighted by atomic mass is 16.5. The molecule has 2 aromatic carbocycles. The van der Waals surface area contributed by atoms with Gasteiger partial charge in [-0.3, -0.25) is 9.59 Å². The Morgan fingerprint density at radius 3 is 2.66 bits per heavy atom. The van der Waals surface area contributed by atoms with E-state index in [9.17, 15) is 9.59 Å². The van der Waals surface area contributed by atoms with E-state index in [0.717, 1.165) is 16.9 Å². The van der Waals surface area contributed by atoms with E-state index in [2.05, 4.69) is 15.5 Å². The second-order valence-corrected chi connectivity index (χ2v) is 7.96. The van der Waals surface area contributed by atoms with Gasteiger partial charge in [0.15, 0.2) is 5.82 Å². The van der Waals surface area contributed by atoms with E-state index >= 15 is 0 Å². The van der Waals surface area contributed by atoms with E-state index < -0.39 is 12.0 Å². The molecule has 3 aromatic rings. The molecule has 8 heteroatoms. The molecule has 1 N–H and O–H groups in total. The summed E-state index contributed by atoms with van der Waals surface area (Å²) in [6.45, 7) is 2.66. The number of hydrogen-bond donors (Lipinski definition) is 1. The average molecular weight is 434 g/mol. The third-order valence-corrected chi connectivity index (χ3v) is 5.55. The van der Waals surface area contributed by atoms with Crippen LogP contribution in [0.25, 0.3) is 0 Å². The Hall–Kier alpha value is -3.68. The van der Waals surface area contributed by atoms with Crippen LogP contribution in [-0.2, 0) is 22.6 Å². The zero-order valence-electron chi connectivity index (χ0n) is 18.2. The number of methoxy groups -OCH3 is 1. The third-order valence-electron chi connectivity index (χ3n) is 5.55. The first-order chi connectivity index (χ1) is 15.5. The van der Waals surface area contributed by atoms with Crippen LogP contribution >= 0.6 is 0 Å². The lowest BCUT2D eigenvalue weighted by atomic mass is 10.1. The molecule has 2 heterocycles. The van der Waals surface area contributed by atoms with Gasteiger partial charge in [-0.25, -0.2) is 0 Å². The second kappa shape index (κ2) is 9.64. The van der Waals surface area contributed by atoms with Crippen molar-refractivity contribution >= 4 is 11.8 Å². The van der Waals surface area contributed by atoms with Crippen molar-refractivity contribution in [2.24, 2.45) is 5.92 Å². The zero-order chi connectivity index (χ0) is 22.5. The minimum atomic E-state index is -0.415. The molecule has 0 aliphatic carbocycles. The monoisotopic (exact) mass is 434 g/mol. The van der Waals surface area contributed by atoms with Crippen LogP contribution in [-0.4, -0.2) is 40.5 Å². The minimum absolute atomic E-state index is 0.0293. The van der Waals surface area contributed by atoms with Crippen LogP contribution in [0.5, 0.6) is 5.75 Å². The van der Waals surface area contributed by atoms with Gasteiger partial charge in [0.05, 0.1) is 25.5 Å². The second-order valence-electron chi connectivity index (χ2n) is 7.96. The number of carbonyl (C=O) groups excluding carboxylic acids is 2. The van der Waals surface area contributed by atoms with Gasteiger partial charge >= 0.3 is 0 Å². The normalized spacial score (nSPS) is 16.8. The van der Waals surface area contributed by atoms with Crippen molar-refractivity contribution in [2.45, 2.75) is 32.4 Å². The summed E-state index contributed by atoms with van der Waals surface area (Å²) in [5.74, 6) is 1.06. The lowest BCUT2D eigenvalue weighted by Gasteiger charge is -2.17. The van der Waals surface area contributed by atoms with Gasteiger partial charge in [-0.2, -0.15) is 4.98 Å². The molecule has 8 nitrogen and oxygen atoms in total. The highest BCUT2D eigenvalue weighted by Gasteiger charge is 2.35. The number of carbonyl (C=O) groups is 2. The topological polar surface area (TPSA) is 97.6 Å². The number of rotatable bonds is 8. The van der Waals surface area contributed by atoms with E-state index in [1.165, 1.54) is 0 Å².